The van der Waals surface area contributed by atoms with Crippen molar-refractivity contribution in [3.05, 3.63) is 34.4 Å². The van der Waals surface area contributed by atoms with Crippen LogP contribution in [0.2, 0.25) is 0 Å². The number of cyclic esters (lactones) is 1. The Bertz CT molecular complexity index is 659. The van der Waals surface area contributed by atoms with Gasteiger partial charge in [0, 0.05) is 18.2 Å². The number of rotatable bonds is 7. The van der Waals surface area contributed by atoms with Crippen molar-refractivity contribution >= 4 is 5.97 Å². The minimum Gasteiger partial charge on any atom is -0.508 e. The molecule has 1 aliphatic rings. The second kappa shape index (κ2) is 8.39. The fraction of sp³-hybridized carbons (Fsp3) is 0.550. The number of carbonyl (C=O) groups excluding carboxylic acids is 1. The summed E-state index contributed by atoms with van der Waals surface area (Å²) in [5.41, 5.74) is 1.94. The number of esters is 1. The number of methoxy groups -OCH3 is 1. The van der Waals surface area contributed by atoms with Crippen molar-refractivity contribution in [2.75, 3.05) is 7.11 Å². The predicted octanol–water partition coefficient (Wildman–Crippen LogP) is 4.41. The molecule has 0 aromatic heterocycles. The van der Waals surface area contributed by atoms with E-state index >= 15 is 0 Å². The number of hydrogen-bond acceptors (Lipinski definition) is 5. The lowest BCUT2D eigenvalue weighted by molar-refractivity contribution is -0.0515. The van der Waals surface area contributed by atoms with E-state index in [9.17, 15) is 15.0 Å². The third-order valence-electron chi connectivity index (χ3n) is 4.56. The molecule has 1 heterocycles. The summed E-state index contributed by atoms with van der Waals surface area (Å²) in [4.78, 5) is 12.5. The SMILES string of the molecule is CCCCC[C@H]1OC(=O)c2c(O)c(CC=C(C)C)cc(O)c2[C@H]1OC. The molecule has 0 spiro atoms. The molecule has 0 aliphatic carbocycles. The summed E-state index contributed by atoms with van der Waals surface area (Å²) in [6.45, 7) is 6.00. The fourth-order valence-corrected chi connectivity index (χ4v) is 3.21. The number of fused-ring (bicyclic) bond motifs is 1. The monoisotopic (exact) mass is 348 g/mol. The lowest BCUT2D eigenvalue weighted by Crippen LogP contribution is -2.33. The molecular formula is C20H28O5. The summed E-state index contributed by atoms with van der Waals surface area (Å²) in [5.74, 6) is -0.769. The average Bonchev–Trinajstić information content (AvgIpc) is 2.56. The molecule has 1 aromatic carbocycles. The number of phenols is 2. The minimum atomic E-state index is -0.600. The molecule has 0 bridgehead atoms. The fourth-order valence-electron chi connectivity index (χ4n) is 3.21. The van der Waals surface area contributed by atoms with E-state index in [1.54, 1.807) is 0 Å². The highest BCUT2D eigenvalue weighted by atomic mass is 16.6. The van der Waals surface area contributed by atoms with E-state index in [2.05, 4.69) is 6.92 Å². The number of ether oxygens (including phenoxy) is 2. The van der Waals surface area contributed by atoms with Crippen LogP contribution < -0.4 is 0 Å². The number of unbranched alkanes of at least 4 members (excludes halogenated alkanes) is 2. The second-order valence-electron chi connectivity index (χ2n) is 6.77. The quantitative estimate of drug-likeness (QED) is 0.330. The van der Waals surface area contributed by atoms with Crippen LogP contribution in [0.4, 0.5) is 0 Å². The van der Waals surface area contributed by atoms with Gasteiger partial charge in [-0.1, -0.05) is 31.4 Å². The van der Waals surface area contributed by atoms with Crippen molar-refractivity contribution < 1.29 is 24.5 Å². The Balaban J connectivity index is 2.43. The van der Waals surface area contributed by atoms with E-state index in [1.807, 2.05) is 19.9 Å². The minimum absolute atomic E-state index is 0.0238. The van der Waals surface area contributed by atoms with Gasteiger partial charge in [-0.3, -0.25) is 0 Å². The Labute approximate surface area is 149 Å². The van der Waals surface area contributed by atoms with E-state index in [-0.39, 0.29) is 17.1 Å². The Kier molecular flexibility index (Phi) is 6.48. The van der Waals surface area contributed by atoms with Crippen molar-refractivity contribution in [3.8, 4) is 11.5 Å². The Morgan fingerprint density at radius 3 is 2.64 bits per heavy atom. The first kappa shape index (κ1) is 19.3. The Morgan fingerprint density at radius 1 is 1.32 bits per heavy atom. The largest absolute Gasteiger partial charge is 0.508 e. The first-order valence-electron chi connectivity index (χ1n) is 8.85. The molecule has 5 nitrogen and oxygen atoms in total. The van der Waals surface area contributed by atoms with Crippen molar-refractivity contribution in [1.29, 1.82) is 0 Å². The molecular weight excluding hydrogens is 320 g/mol. The zero-order chi connectivity index (χ0) is 18.6. The first-order valence-corrected chi connectivity index (χ1v) is 8.85. The van der Waals surface area contributed by atoms with Crippen LogP contribution in [0.5, 0.6) is 11.5 Å². The molecule has 0 fully saturated rings. The molecule has 2 rings (SSSR count). The summed E-state index contributed by atoms with van der Waals surface area (Å²) in [7, 11) is 1.52. The zero-order valence-electron chi connectivity index (χ0n) is 15.5. The van der Waals surface area contributed by atoms with E-state index < -0.39 is 18.2 Å². The summed E-state index contributed by atoms with van der Waals surface area (Å²) in [6, 6.07) is 1.52. The molecule has 0 saturated carbocycles. The maximum Gasteiger partial charge on any atom is 0.342 e. The molecule has 25 heavy (non-hydrogen) atoms. The maximum atomic E-state index is 12.5. The molecule has 5 heteroatoms. The topological polar surface area (TPSA) is 76.0 Å². The van der Waals surface area contributed by atoms with E-state index in [1.165, 1.54) is 13.2 Å². The van der Waals surface area contributed by atoms with Crippen LogP contribution in [0.3, 0.4) is 0 Å². The number of hydrogen-bond donors (Lipinski definition) is 2. The van der Waals surface area contributed by atoms with Crippen LogP contribution in [0.15, 0.2) is 17.7 Å². The third-order valence-corrected chi connectivity index (χ3v) is 4.56. The molecule has 1 aromatic rings. The summed E-state index contributed by atoms with van der Waals surface area (Å²) >= 11 is 0. The molecule has 0 radical (unpaired) electrons. The highest BCUT2D eigenvalue weighted by molar-refractivity contribution is 5.97. The van der Waals surface area contributed by atoms with Crippen LogP contribution >= 0.6 is 0 Å². The summed E-state index contributed by atoms with van der Waals surface area (Å²) in [6.07, 6.45) is 5.01. The van der Waals surface area contributed by atoms with Crippen molar-refractivity contribution in [2.24, 2.45) is 0 Å². The van der Waals surface area contributed by atoms with Gasteiger partial charge in [-0.05, 0) is 39.2 Å². The molecule has 0 unspecified atom stereocenters. The standard InChI is InChI=1S/C20H28O5/c1-5-6-7-8-15-19(24-4)16-14(21)11-13(10-9-12(2)3)18(22)17(16)20(23)25-15/h9,11,15,19,21-22H,5-8,10H2,1-4H3/t15-,19+/m1/s1. The van der Waals surface area contributed by atoms with Gasteiger partial charge in [0.2, 0.25) is 0 Å². The van der Waals surface area contributed by atoms with Crippen LogP contribution in [-0.2, 0) is 15.9 Å². The predicted molar refractivity (Wildman–Crippen MR) is 96.0 cm³/mol. The normalized spacial score (nSPS) is 19.3. The average molecular weight is 348 g/mol. The number of carbonyl (C=O) groups is 1. The summed E-state index contributed by atoms with van der Waals surface area (Å²) in [5, 5.41) is 21.1. The number of phenolic OH excluding ortho intramolecular Hbond substituents is 2. The maximum absolute atomic E-state index is 12.5. The molecule has 0 amide bonds. The lowest BCUT2D eigenvalue weighted by atomic mass is 9.89. The Morgan fingerprint density at radius 2 is 2.04 bits per heavy atom. The molecule has 0 saturated heterocycles. The van der Waals surface area contributed by atoms with Gasteiger partial charge < -0.3 is 19.7 Å². The van der Waals surface area contributed by atoms with Gasteiger partial charge in [-0.15, -0.1) is 0 Å². The molecule has 2 atom stereocenters. The summed E-state index contributed by atoms with van der Waals surface area (Å²) < 4.78 is 11.1. The van der Waals surface area contributed by atoms with Gasteiger partial charge in [0.05, 0.1) is 0 Å². The van der Waals surface area contributed by atoms with E-state index in [4.69, 9.17) is 9.47 Å². The van der Waals surface area contributed by atoms with Gasteiger partial charge >= 0.3 is 5.97 Å². The second-order valence-corrected chi connectivity index (χ2v) is 6.77. The molecule has 1 aliphatic heterocycles. The molecule has 2 N–H and O–H groups in total. The smallest absolute Gasteiger partial charge is 0.342 e. The van der Waals surface area contributed by atoms with E-state index in [0.29, 0.717) is 24.0 Å². The van der Waals surface area contributed by atoms with Gasteiger partial charge in [0.1, 0.15) is 29.3 Å². The van der Waals surface area contributed by atoms with Crippen LogP contribution in [0.1, 0.15) is 74.0 Å². The van der Waals surface area contributed by atoms with Crippen molar-refractivity contribution in [1.82, 2.24) is 0 Å². The van der Waals surface area contributed by atoms with Crippen LogP contribution in [0.25, 0.3) is 0 Å². The van der Waals surface area contributed by atoms with Gasteiger partial charge in [0.15, 0.2) is 0 Å². The number of allylic oxidation sites excluding steroid dienone is 2. The van der Waals surface area contributed by atoms with Gasteiger partial charge in [-0.2, -0.15) is 0 Å². The zero-order valence-corrected chi connectivity index (χ0v) is 15.5. The molecule has 138 valence electrons. The van der Waals surface area contributed by atoms with Crippen molar-refractivity contribution in [3.63, 3.8) is 0 Å². The van der Waals surface area contributed by atoms with Crippen LogP contribution in [0, 0.1) is 0 Å². The highest BCUT2D eigenvalue weighted by Crippen LogP contribution is 2.44. The highest BCUT2D eigenvalue weighted by Gasteiger charge is 2.40. The van der Waals surface area contributed by atoms with Gasteiger partial charge in [0.25, 0.3) is 0 Å². The van der Waals surface area contributed by atoms with E-state index in [0.717, 1.165) is 24.8 Å². The van der Waals surface area contributed by atoms with Crippen LogP contribution in [-0.4, -0.2) is 29.4 Å². The third kappa shape index (κ3) is 4.15. The number of benzene rings is 1. The lowest BCUT2D eigenvalue weighted by Gasteiger charge is -2.33. The van der Waals surface area contributed by atoms with Gasteiger partial charge in [-0.25, -0.2) is 4.79 Å². The first-order chi connectivity index (χ1) is 11.9. The number of aromatic hydroxyl groups is 2. The Hall–Kier alpha value is -2.01. The van der Waals surface area contributed by atoms with Crippen molar-refractivity contribution in [2.45, 2.75) is 65.1 Å².